The second-order valence-electron chi connectivity index (χ2n) is 10.4. The Morgan fingerprint density at radius 3 is 2.11 bits per heavy atom. The first-order valence-electron chi connectivity index (χ1n) is 12.3. The number of rotatable bonds is 12. The number of ether oxygens (including phenoxy) is 2. The molecule has 212 valence electrons. The van der Waals surface area contributed by atoms with Gasteiger partial charge in [-0.3, -0.25) is 19.2 Å². The minimum atomic E-state index is -1.28. The molecule has 0 aromatic heterocycles. The zero-order valence-corrected chi connectivity index (χ0v) is 23.1. The van der Waals surface area contributed by atoms with Gasteiger partial charge >= 0.3 is 12.1 Å². The van der Waals surface area contributed by atoms with E-state index in [1.54, 1.807) is 34.6 Å². The third-order valence-electron chi connectivity index (χ3n) is 5.77. The van der Waals surface area contributed by atoms with Crippen molar-refractivity contribution in [2.45, 2.75) is 84.0 Å². The Bertz CT molecular complexity index is 1000. The lowest BCUT2D eigenvalue weighted by Crippen LogP contribution is -2.59. The summed E-state index contributed by atoms with van der Waals surface area (Å²) < 4.78 is 9.91. The van der Waals surface area contributed by atoms with E-state index in [0.29, 0.717) is 12.0 Å². The van der Waals surface area contributed by atoms with E-state index < -0.39 is 59.6 Å². The number of benzene rings is 1. The van der Waals surface area contributed by atoms with Crippen LogP contribution in [0, 0.1) is 0 Å². The molecule has 0 fully saturated rings. The van der Waals surface area contributed by atoms with Crippen LogP contribution in [0.4, 0.5) is 4.79 Å². The molecule has 2 unspecified atom stereocenters. The summed E-state index contributed by atoms with van der Waals surface area (Å²) in [4.78, 5) is 64.8. The highest BCUT2D eigenvalue weighted by Gasteiger charge is 2.43. The van der Waals surface area contributed by atoms with Gasteiger partial charge in [-0.2, -0.15) is 0 Å². The van der Waals surface area contributed by atoms with Crippen molar-refractivity contribution in [3.05, 3.63) is 29.8 Å². The summed E-state index contributed by atoms with van der Waals surface area (Å²) in [5, 5.41) is 14.8. The third-order valence-corrected chi connectivity index (χ3v) is 5.77. The second kappa shape index (κ2) is 13.6. The van der Waals surface area contributed by atoms with Crippen molar-refractivity contribution in [1.29, 1.82) is 0 Å². The average molecular weight is 537 g/mol. The molecule has 0 bridgehead atoms. The number of alkyl carbamates (subject to hydrolysis) is 1. The summed E-state index contributed by atoms with van der Waals surface area (Å²) in [5.41, 5.74) is 3.84. The quantitative estimate of drug-likeness (QED) is 0.293. The van der Waals surface area contributed by atoms with Gasteiger partial charge in [0.05, 0.1) is 7.11 Å². The number of phenolic OH excluding ortho intramolecular Hbond substituents is 1. The van der Waals surface area contributed by atoms with Crippen LogP contribution in [0.15, 0.2) is 24.3 Å². The summed E-state index contributed by atoms with van der Waals surface area (Å²) in [6.07, 6.45) is -0.848. The van der Waals surface area contributed by atoms with E-state index in [9.17, 15) is 29.1 Å². The van der Waals surface area contributed by atoms with E-state index in [1.807, 2.05) is 6.92 Å². The van der Waals surface area contributed by atoms with E-state index >= 15 is 0 Å². The standard InChI is InChI=1S/C26H40N4O8/c1-8-26(5,6)30(23(35)18(13-14-19(27)32)29-24(36)38-25(2,3)4)21(16-9-11-17(31)12-10-16)22(34)28-15-20(33)37-7/h9-12,18,21,31H,8,13-15H2,1-7H3,(H2,27,32)(H,28,34)(H,29,36). The monoisotopic (exact) mass is 536 g/mol. The van der Waals surface area contributed by atoms with Crippen LogP contribution in [-0.2, 0) is 28.7 Å². The molecule has 4 amide bonds. The molecule has 1 aromatic carbocycles. The number of phenols is 1. The number of carbonyl (C=O) groups is 5. The van der Waals surface area contributed by atoms with E-state index in [4.69, 9.17) is 10.5 Å². The Morgan fingerprint density at radius 2 is 1.63 bits per heavy atom. The van der Waals surface area contributed by atoms with Crippen molar-refractivity contribution in [2.24, 2.45) is 5.73 Å². The normalized spacial score (nSPS) is 13.0. The number of carbonyl (C=O) groups excluding carboxylic acids is 5. The number of hydrogen-bond acceptors (Lipinski definition) is 8. The van der Waals surface area contributed by atoms with Crippen LogP contribution < -0.4 is 16.4 Å². The Hall–Kier alpha value is -3.83. The topological polar surface area (TPSA) is 177 Å². The number of methoxy groups -OCH3 is 1. The smallest absolute Gasteiger partial charge is 0.408 e. The minimum Gasteiger partial charge on any atom is -0.508 e. The van der Waals surface area contributed by atoms with Gasteiger partial charge in [0, 0.05) is 12.0 Å². The van der Waals surface area contributed by atoms with Gasteiger partial charge in [-0.25, -0.2) is 4.79 Å². The molecule has 1 aromatic rings. The lowest BCUT2D eigenvalue weighted by molar-refractivity contribution is -0.150. The van der Waals surface area contributed by atoms with Crippen LogP contribution in [0.25, 0.3) is 0 Å². The maximum Gasteiger partial charge on any atom is 0.408 e. The molecule has 0 radical (unpaired) electrons. The van der Waals surface area contributed by atoms with Gasteiger partial charge in [-0.05, 0) is 65.2 Å². The highest BCUT2D eigenvalue weighted by Crippen LogP contribution is 2.33. The molecule has 12 heteroatoms. The number of aromatic hydroxyl groups is 1. The number of primary amides is 1. The number of amides is 4. The number of nitrogens with one attached hydrogen (secondary N) is 2. The van der Waals surface area contributed by atoms with Crippen LogP contribution in [0.1, 0.15) is 72.4 Å². The fourth-order valence-corrected chi connectivity index (χ4v) is 3.51. The van der Waals surface area contributed by atoms with Gasteiger partial charge in [0.25, 0.3) is 0 Å². The third kappa shape index (κ3) is 9.91. The van der Waals surface area contributed by atoms with Gasteiger partial charge in [-0.15, -0.1) is 0 Å². The number of nitrogens with zero attached hydrogens (tertiary/aromatic N) is 1. The fraction of sp³-hybridized carbons (Fsp3) is 0.577. The summed E-state index contributed by atoms with van der Waals surface area (Å²) >= 11 is 0. The molecule has 38 heavy (non-hydrogen) atoms. The summed E-state index contributed by atoms with van der Waals surface area (Å²) in [6.45, 7) is 9.83. The SMILES string of the molecule is CCC(C)(C)N(C(=O)C(CCC(N)=O)NC(=O)OC(C)(C)C)C(C(=O)NCC(=O)OC)c1ccc(O)cc1. The van der Waals surface area contributed by atoms with Crippen LogP contribution in [0.3, 0.4) is 0 Å². The van der Waals surface area contributed by atoms with E-state index in [-0.39, 0.29) is 18.6 Å². The van der Waals surface area contributed by atoms with Crippen LogP contribution in [0.2, 0.25) is 0 Å². The first-order valence-corrected chi connectivity index (χ1v) is 12.3. The summed E-state index contributed by atoms with van der Waals surface area (Å²) in [7, 11) is 1.17. The van der Waals surface area contributed by atoms with Crippen molar-refractivity contribution in [1.82, 2.24) is 15.5 Å². The van der Waals surface area contributed by atoms with Gasteiger partial charge in [-0.1, -0.05) is 19.1 Å². The molecule has 0 aliphatic heterocycles. The van der Waals surface area contributed by atoms with Gasteiger partial charge in [0.1, 0.15) is 30.0 Å². The predicted molar refractivity (Wildman–Crippen MR) is 139 cm³/mol. The molecule has 0 saturated heterocycles. The number of hydrogen-bond donors (Lipinski definition) is 4. The molecule has 1 rings (SSSR count). The Balaban J connectivity index is 3.62. The molecular weight excluding hydrogens is 496 g/mol. The Kier molecular flexibility index (Phi) is 11.6. The van der Waals surface area contributed by atoms with Gasteiger partial charge in [0.15, 0.2) is 0 Å². The minimum absolute atomic E-state index is 0.0546. The first kappa shape index (κ1) is 32.2. The molecule has 0 aliphatic rings. The molecule has 0 heterocycles. The highest BCUT2D eigenvalue weighted by molar-refractivity contribution is 5.94. The van der Waals surface area contributed by atoms with Crippen LogP contribution in [0.5, 0.6) is 5.75 Å². The van der Waals surface area contributed by atoms with E-state index in [2.05, 4.69) is 15.4 Å². The molecular formula is C26H40N4O8. The molecule has 12 nitrogen and oxygen atoms in total. The van der Waals surface area contributed by atoms with E-state index in [0.717, 1.165) is 0 Å². The molecule has 0 saturated carbocycles. The average Bonchev–Trinajstić information content (AvgIpc) is 2.82. The van der Waals surface area contributed by atoms with Crippen molar-refractivity contribution >= 4 is 29.8 Å². The largest absolute Gasteiger partial charge is 0.508 e. The van der Waals surface area contributed by atoms with Crippen LogP contribution >= 0.6 is 0 Å². The molecule has 0 spiro atoms. The maximum absolute atomic E-state index is 14.1. The van der Waals surface area contributed by atoms with Gasteiger partial charge in [0.2, 0.25) is 17.7 Å². The lowest BCUT2D eigenvalue weighted by atomic mass is 9.91. The predicted octanol–water partition coefficient (Wildman–Crippen LogP) is 1.90. The van der Waals surface area contributed by atoms with Crippen molar-refractivity contribution < 1.29 is 38.6 Å². The number of esters is 1. The molecule has 5 N–H and O–H groups in total. The van der Waals surface area contributed by atoms with Crippen molar-refractivity contribution in [2.75, 3.05) is 13.7 Å². The molecule has 2 atom stereocenters. The van der Waals surface area contributed by atoms with E-state index in [1.165, 1.54) is 36.3 Å². The Morgan fingerprint density at radius 1 is 1.05 bits per heavy atom. The summed E-state index contributed by atoms with van der Waals surface area (Å²) in [6, 6.07) is 3.13. The van der Waals surface area contributed by atoms with Crippen molar-refractivity contribution in [3.63, 3.8) is 0 Å². The summed E-state index contributed by atoms with van der Waals surface area (Å²) in [5.74, 6) is -2.79. The fourth-order valence-electron chi connectivity index (χ4n) is 3.51. The first-order chi connectivity index (χ1) is 17.5. The zero-order valence-electron chi connectivity index (χ0n) is 23.1. The van der Waals surface area contributed by atoms with Crippen LogP contribution in [-0.4, -0.2) is 70.6 Å². The Labute approximate surface area is 223 Å². The van der Waals surface area contributed by atoms with Crippen molar-refractivity contribution in [3.8, 4) is 5.75 Å². The number of nitrogens with two attached hydrogens (primary N) is 1. The lowest BCUT2D eigenvalue weighted by Gasteiger charge is -2.44. The maximum atomic E-state index is 14.1. The molecule has 0 aliphatic carbocycles. The zero-order chi connectivity index (χ0) is 29.3. The highest BCUT2D eigenvalue weighted by atomic mass is 16.6. The van der Waals surface area contributed by atoms with Gasteiger partial charge < -0.3 is 35.8 Å². The second-order valence-corrected chi connectivity index (χ2v) is 10.4.